The smallest absolute Gasteiger partial charge is 0.343 e. The summed E-state index contributed by atoms with van der Waals surface area (Å²) in [5, 5.41) is 6.37. The van der Waals surface area contributed by atoms with Crippen molar-refractivity contribution in [3.8, 4) is 23.0 Å². The molecule has 0 aromatic heterocycles. The largest absolute Gasteiger partial charge is 0.493 e. The minimum atomic E-state index is -0.611. The van der Waals surface area contributed by atoms with E-state index in [1.807, 2.05) is 0 Å². The van der Waals surface area contributed by atoms with Gasteiger partial charge in [0.25, 0.3) is 11.8 Å². The number of benzene rings is 3. The predicted octanol–water partition coefficient (Wildman–Crippen LogP) is 2.81. The SMILES string of the molecule is COc1cc(C(=O)Oc2ccc(/C=N/NC(=O)CNC(=O)c3ccccc3)cc2)cc(OC)c1OC. The van der Waals surface area contributed by atoms with Crippen LogP contribution in [0.3, 0.4) is 0 Å². The molecule has 0 radical (unpaired) electrons. The van der Waals surface area contributed by atoms with E-state index in [4.69, 9.17) is 18.9 Å². The summed E-state index contributed by atoms with van der Waals surface area (Å²) in [5.41, 5.74) is 3.66. The van der Waals surface area contributed by atoms with E-state index in [-0.39, 0.29) is 18.0 Å². The fourth-order valence-electron chi connectivity index (χ4n) is 3.06. The van der Waals surface area contributed by atoms with Gasteiger partial charge in [-0.05, 0) is 54.1 Å². The number of amides is 2. The standard InChI is InChI=1S/C26H25N3O7/c1-33-21-13-19(14-22(34-2)24(21)35-3)26(32)36-20-11-9-17(10-12-20)15-28-29-23(30)16-27-25(31)18-7-5-4-6-8-18/h4-15H,16H2,1-3H3,(H,27,31)(H,29,30)/b28-15+. The lowest BCUT2D eigenvalue weighted by atomic mass is 10.2. The Morgan fingerprint density at radius 1 is 0.833 bits per heavy atom. The Morgan fingerprint density at radius 2 is 1.47 bits per heavy atom. The highest BCUT2D eigenvalue weighted by atomic mass is 16.5. The summed E-state index contributed by atoms with van der Waals surface area (Å²) < 4.78 is 21.2. The molecule has 0 saturated heterocycles. The fraction of sp³-hybridized carbons (Fsp3) is 0.154. The summed E-state index contributed by atoms with van der Waals surface area (Å²) in [6.07, 6.45) is 1.42. The van der Waals surface area contributed by atoms with Crippen LogP contribution in [0.15, 0.2) is 71.8 Å². The quantitative estimate of drug-likeness (QED) is 0.193. The molecule has 0 atom stereocenters. The van der Waals surface area contributed by atoms with Crippen molar-refractivity contribution in [2.75, 3.05) is 27.9 Å². The fourth-order valence-corrected chi connectivity index (χ4v) is 3.06. The number of hydrogen-bond acceptors (Lipinski definition) is 8. The van der Waals surface area contributed by atoms with Crippen LogP contribution in [0.2, 0.25) is 0 Å². The van der Waals surface area contributed by atoms with E-state index in [1.54, 1.807) is 54.6 Å². The Morgan fingerprint density at radius 3 is 2.06 bits per heavy atom. The lowest BCUT2D eigenvalue weighted by Crippen LogP contribution is -2.34. The number of hydrogen-bond donors (Lipinski definition) is 2. The maximum absolute atomic E-state index is 12.6. The number of esters is 1. The Labute approximate surface area is 207 Å². The molecule has 186 valence electrons. The molecular weight excluding hydrogens is 466 g/mol. The van der Waals surface area contributed by atoms with Gasteiger partial charge in [0, 0.05) is 5.56 Å². The average Bonchev–Trinajstić information content (AvgIpc) is 2.92. The van der Waals surface area contributed by atoms with Gasteiger partial charge in [-0.15, -0.1) is 0 Å². The van der Waals surface area contributed by atoms with Gasteiger partial charge in [0.05, 0.1) is 39.7 Å². The zero-order valence-corrected chi connectivity index (χ0v) is 19.9. The Hall–Kier alpha value is -4.86. The van der Waals surface area contributed by atoms with Crippen molar-refractivity contribution in [1.29, 1.82) is 0 Å². The van der Waals surface area contributed by atoms with Gasteiger partial charge in [-0.3, -0.25) is 9.59 Å². The molecule has 0 aliphatic carbocycles. The maximum atomic E-state index is 12.6. The van der Waals surface area contributed by atoms with E-state index < -0.39 is 11.9 Å². The van der Waals surface area contributed by atoms with Crippen LogP contribution in [0.1, 0.15) is 26.3 Å². The van der Waals surface area contributed by atoms with Gasteiger partial charge in [-0.1, -0.05) is 18.2 Å². The van der Waals surface area contributed by atoms with Gasteiger partial charge in [-0.25, -0.2) is 10.2 Å². The topological polar surface area (TPSA) is 125 Å². The number of nitrogens with one attached hydrogen (secondary N) is 2. The Kier molecular flexibility index (Phi) is 8.99. The Bertz CT molecular complexity index is 1220. The number of nitrogens with zero attached hydrogens (tertiary/aromatic N) is 1. The summed E-state index contributed by atoms with van der Waals surface area (Å²) in [7, 11) is 4.38. The molecule has 10 heteroatoms. The third-order valence-electron chi connectivity index (χ3n) is 4.84. The molecular formula is C26H25N3O7. The van der Waals surface area contributed by atoms with E-state index in [9.17, 15) is 14.4 Å². The molecule has 0 fully saturated rings. The van der Waals surface area contributed by atoms with Gasteiger partial charge in [0.15, 0.2) is 11.5 Å². The van der Waals surface area contributed by atoms with E-state index in [2.05, 4.69) is 15.8 Å². The Balaban J connectivity index is 1.52. The van der Waals surface area contributed by atoms with Crippen LogP contribution in [0.5, 0.6) is 23.0 Å². The molecule has 10 nitrogen and oxygen atoms in total. The number of carbonyl (C=O) groups excluding carboxylic acids is 3. The van der Waals surface area contributed by atoms with Crippen molar-refractivity contribution in [3.05, 3.63) is 83.4 Å². The van der Waals surface area contributed by atoms with Crippen LogP contribution in [0.25, 0.3) is 0 Å². The number of carbonyl (C=O) groups is 3. The van der Waals surface area contributed by atoms with Gasteiger partial charge in [-0.2, -0.15) is 5.10 Å². The lowest BCUT2D eigenvalue weighted by molar-refractivity contribution is -0.120. The van der Waals surface area contributed by atoms with Crippen molar-refractivity contribution >= 4 is 24.0 Å². The van der Waals surface area contributed by atoms with Crippen LogP contribution in [-0.4, -0.2) is 51.9 Å². The van der Waals surface area contributed by atoms with Crippen molar-refractivity contribution in [2.24, 2.45) is 5.10 Å². The normalized spacial score (nSPS) is 10.4. The zero-order chi connectivity index (χ0) is 25.9. The van der Waals surface area contributed by atoms with Crippen molar-refractivity contribution < 1.29 is 33.3 Å². The van der Waals surface area contributed by atoms with Crippen molar-refractivity contribution in [1.82, 2.24) is 10.7 Å². The number of ether oxygens (including phenoxy) is 4. The molecule has 0 aliphatic heterocycles. The lowest BCUT2D eigenvalue weighted by Gasteiger charge is -2.13. The van der Waals surface area contributed by atoms with Crippen LogP contribution in [0, 0.1) is 0 Å². The highest BCUT2D eigenvalue weighted by Gasteiger charge is 2.18. The molecule has 0 unspecified atom stereocenters. The molecule has 3 aromatic rings. The maximum Gasteiger partial charge on any atom is 0.343 e. The van der Waals surface area contributed by atoms with Gasteiger partial charge < -0.3 is 24.3 Å². The van der Waals surface area contributed by atoms with E-state index in [0.29, 0.717) is 34.1 Å². The first-order valence-electron chi connectivity index (χ1n) is 10.7. The molecule has 0 saturated carbocycles. The van der Waals surface area contributed by atoms with Gasteiger partial charge >= 0.3 is 5.97 Å². The molecule has 0 bridgehead atoms. The van der Waals surface area contributed by atoms with Gasteiger partial charge in [0.1, 0.15) is 5.75 Å². The summed E-state index contributed by atoms with van der Waals surface area (Å²) >= 11 is 0. The summed E-state index contributed by atoms with van der Waals surface area (Å²) in [6.45, 7) is -0.221. The van der Waals surface area contributed by atoms with Crippen LogP contribution >= 0.6 is 0 Å². The zero-order valence-electron chi connectivity index (χ0n) is 19.9. The molecule has 0 spiro atoms. The molecule has 0 aliphatic rings. The second-order valence-corrected chi connectivity index (χ2v) is 7.21. The molecule has 3 aromatic carbocycles. The monoisotopic (exact) mass is 491 g/mol. The molecule has 0 heterocycles. The van der Waals surface area contributed by atoms with Crippen molar-refractivity contribution in [3.63, 3.8) is 0 Å². The highest BCUT2D eigenvalue weighted by Crippen LogP contribution is 2.38. The first kappa shape index (κ1) is 25.8. The number of rotatable bonds is 10. The second-order valence-electron chi connectivity index (χ2n) is 7.21. The highest BCUT2D eigenvalue weighted by molar-refractivity contribution is 5.96. The number of methoxy groups -OCH3 is 3. The molecule has 3 rings (SSSR count). The second kappa shape index (κ2) is 12.6. The summed E-state index contributed by atoms with van der Waals surface area (Å²) in [5.74, 6) is -0.114. The molecule has 2 amide bonds. The third-order valence-corrected chi connectivity index (χ3v) is 4.84. The summed E-state index contributed by atoms with van der Waals surface area (Å²) in [4.78, 5) is 36.4. The number of hydrazone groups is 1. The van der Waals surface area contributed by atoms with Crippen LogP contribution < -0.4 is 29.7 Å². The minimum Gasteiger partial charge on any atom is -0.493 e. The van der Waals surface area contributed by atoms with Crippen molar-refractivity contribution in [2.45, 2.75) is 0 Å². The van der Waals surface area contributed by atoms with Crippen LogP contribution in [-0.2, 0) is 4.79 Å². The first-order valence-corrected chi connectivity index (χ1v) is 10.7. The van der Waals surface area contributed by atoms with E-state index >= 15 is 0 Å². The third kappa shape index (κ3) is 6.83. The van der Waals surface area contributed by atoms with Crippen LogP contribution in [0.4, 0.5) is 0 Å². The minimum absolute atomic E-state index is 0.220. The van der Waals surface area contributed by atoms with E-state index in [0.717, 1.165) is 0 Å². The molecule has 36 heavy (non-hydrogen) atoms. The molecule has 2 N–H and O–H groups in total. The van der Waals surface area contributed by atoms with Gasteiger partial charge in [0.2, 0.25) is 5.75 Å². The van der Waals surface area contributed by atoms with E-state index in [1.165, 1.54) is 39.7 Å². The predicted molar refractivity (Wildman–Crippen MR) is 132 cm³/mol. The average molecular weight is 492 g/mol. The first-order chi connectivity index (χ1) is 17.4. The summed E-state index contributed by atoms with van der Waals surface area (Å²) in [6, 6.07) is 18.0.